The van der Waals surface area contributed by atoms with E-state index in [1.165, 1.54) is 6.07 Å². The Labute approximate surface area is 82.5 Å². The summed E-state index contributed by atoms with van der Waals surface area (Å²) in [5, 5.41) is 10.0. The van der Waals surface area contributed by atoms with Crippen molar-refractivity contribution in [3.05, 3.63) is 28.1 Å². The molecule has 0 unspecified atom stereocenters. The van der Waals surface area contributed by atoms with E-state index in [9.17, 15) is 9.50 Å². The first-order valence-corrected chi connectivity index (χ1v) is 4.55. The molecular formula is C9H7BrFNO. The second-order valence-corrected chi connectivity index (χ2v) is 3.73. The van der Waals surface area contributed by atoms with Gasteiger partial charge in [-0.25, -0.2) is 4.39 Å². The van der Waals surface area contributed by atoms with Gasteiger partial charge in [0.2, 0.25) is 0 Å². The predicted molar refractivity (Wildman–Crippen MR) is 52.4 cm³/mol. The van der Waals surface area contributed by atoms with E-state index in [0.29, 0.717) is 4.47 Å². The van der Waals surface area contributed by atoms with Crippen molar-refractivity contribution in [3.8, 4) is 5.75 Å². The summed E-state index contributed by atoms with van der Waals surface area (Å²) >= 11 is 3.12. The number of aryl methyl sites for hydroxylation is 1. The van der Waals surface area contributed by atoms with Crippen LogP contribution in [0.5, 0.6) is 5.75 Å². The first-order valence-electron chi connectivity index (χ1n) is 3.76. The maximum atomic E-state index is 13.0. The number of aromatic amines is 1. The molecule has 0 radical (unpaired) electrons. The molecule has 0 aliphatic heterocycles. The average Bonchev–Trinajstić information content (AvgIpc) is 2.42. The summed E-state index contributed by atoms with van der Waals surface area (Å²) < 4.78 is 13.4. The van der Waals surface area contributed by atoms with Crippen molar-refractivity contribution >= 4 is 26.8 Å². The molecule has 1 aromatic carbocycles. The van der Waals surface area contributed by atoms with Gasteiger partial charge in [0, 0.05) is 11.1 Å². The molecule has 1 heterocycles. The van der Waals surface area contributed by atoms with E-state index < -0.39 is 5.82 Å². The maximum absolute atomic E-state index is 13.0. The third kappa shape index (κ3) is 1.21. The van der Waals surface area contributed by atoms with Crippen molar-refractivity contribution in [1.29, 1.82) is 0 Å². The van der Waals surface area contributed by atoms with Crippen LogP contribution >= 0.6 is 15.9 Å². The fourth-order valence-corrected chi connectivity index (χ4v) is 1.85. The zero-order valence-electron chi connectivity index (χ0n) is 6.86. The molecule has 0 bridgehead atoms. The van der Waals surface area contributed by atoms with Crippen LogP contribution < -0.4 is 0 Å². The topological polar surface area (TPSA) is 36.0 Å². The molecule has 2 N–H and O–H groups in total. The van der Waals surface area contributed by atoms with Gasteiger partial charge < -0.3 is 10.1 Å². The second kappa shape index (κ2) is 2.73. The predicted octanol–water partition coefficient (Wildman–Crippen LogP) is 3.08. The highest BCUT2D eigenvalue weighted by Crippen LogP contribution is 2.34. The third-order valence-electron chi connectivity index (χ3n) is 1.92. The smallest absolute Gasteiger partial charge is 0.167 e. The Morgan fingerprint density at radius 2 is 2.15 bits per heavy atom. The lowest BCUT2D eigenvalue weighted by Crippen LogP contribution is -1.79. The van der Waals surface area contributed by atoms with E-state index in [1.807, 2.05) is 13.0 Å². The van der Waals surface area contributed by atoms with Crippen LogP contribution in [0, 0.1) is 12.7 Å². The Morgan fingerprint density at radius 1 is 1.46 bits per heavy atom. The molecule has 0 atom stereocenters. The quantitative estimate of drug-likeness (QED) is 0.733. The Balaban J connectivity index is 2.92. The first kappa shape index (κ1) is 8.56. The number of aromatic hydroxyl groups is 1. The SMILES string of the molecule is Cc1cc2cc(F)c(O)c(Br)c2[nH]1. The molecule has 2 rings (SSSR count). The lowest BCUT2D eigenvalue weighted by molar-refractivity contribution is 0.430. The Hall–Kier alpha value is -1.03. The summed E-state index contributed by atoms with van der Waals surface area (Å²) in [5.41, 5.74) is 1.65. The van der Waals surface area contributed by atoms with Crippen LogP contribution in [-0.2, 0) is 0 Å². The summed E-state index contributed by atoms with van der Waals surface area (Å²) in [5.74, 6) is -0.965. The van der Waals surface area contributed by atoms with Gasteiger partial charge in [0.25, 0.3) is 0 Å². The van der Waals surface area contributed by atoms with Gasteiger partial charge in [0.1, 0.15) is 0 Å². The number of phenolic OH excluding ortho intramolecular Hbond substituents is 1. The van der Waals surface area contributed by atoms with Crippen molar-refractivity contribution < 1.29 is 9.50 Å². The van der Waals surface area contributed by atoms with Gasteiger partial charge in [-0.15, -0.1) is 0 Å². The van der Waals surface area contributed by atoms with E-state index >= 15 is 0 Å². The molecule has 2 aromatic rings. The fraction of sp³-hybridized carbons (Fsp3) is 0.111. The van der Waals surface area contributed by atoms with Crippen LogP contribution in [0.4, 0.5) is 4.39 Å². The molecule has 1 aromatic heterocycles. The number of hydrogen-bond acceptors (Lipinski definition) is 1. The monoisotopic (exact) mass is 243 g/mol. The Morgan fingerprint density at radius 3 is 2.85 bits per heavy atom. The summed E-state index contributed by atoms with van der Waals surface area (Å²) in [6.45, 7) is 1.88. The summed E-state index contributed by atoms with van der Waals surface area (Å²) in [4.78, 5) is 3.02. The van der Waals surface area contributed by atoms with E-state index in [0.717, 1.165) is 16.6 Å². The first-order chi connectivity index (χ1) is 6.09. The van der Waals surface area contributed by atoms with Gasteiger partial charge in [0.15, 0.2) is 11.6 Å². The summed E-state index contributed by atoms with van der Waals surface area (Å²) in [6, 6.07) is 3.13. The zero-order chi connectivity index (χ0) is 9.59. The number of phenols is 1. The molecule has 2 nitrogen and oxygen atoms in total. The third-order valence-corrected chi connectivity index (χ3v) is 2.69. The van der Waals surface area contributed by atoms with Crippen LogP contribution in [-0.4, -0.2) is 10.1 Å². The van der Waals surface area contributed by atoms with Crippen molar-refractivity contribution in [3.63, 3.8) is 0 Å². The zero-order valence-corrected chi connectivity index (χ0v) is 8.44. The number of H-pyrrole nitrogens is 1. The van der Waals surface area contributed by atoms with Crippen LogP contribution in [0.15, 0.2) is 16.6 Å². The molecule has 0 saturated heterocycles. The molecule has 0 amide bonds. The number of hydrogen-bond donors (Lipinski definition) is 2. The van der Waals surface area contributed by atoms with Crippen LogP contribution in [0.2, 0.25) is 0 Å². The number of nitrogens with one attached hydrogen (secondary N) is 1. The van der Waals surface area contributed by atoms with Gasteiger partial charge in [-0.3, -0.25) is 0 Å². The molecule has 13 heavy (non-hydrogen) atoms. The van der Waals surface area contributed by atoms with E-state index in [2.05, 4.69) is 20.9 Å². The number of halogens is 2. The van der Waals surface area contributed by atoms with Gasteiger partial charge in [-0.05, 0) is 35.0 Å². The number of rotatable bonds is 0. The fourth-order valence-electron chi connectivity index (χ4n) is 1.33. The minimum Gasteiger partial charge on any atom is -0.504 e. The van der Waals surface area contributed by atoms with Crippen molar-refractivity contribution in [1.82, 2.24) is 4.98 Å². The molecular weight excluding hydrogens is 237 g/mol. The largest absolute Gasteiger partial charge is 0.504 e. The summed E-state index contributed by atoms with van der Waals surface area (Å²) in [6.07, 6.45) is 0. The standard InChI is InChI=1S/C9H7BrFNO/c1-4-2-5-3-6(11)9(13)7(10)8(5)12-4/h2-3,12-13H,1H3. The normalized spacial score (nSPS) is 11.0. The molecule has 0 fully saturated rings. The molecule has 0 spiro atoms. The summed E-state index contributed by atoms with van der Waals surface area (Å²) in [7, 11) is 0. The molecule has 68 valence electrons. The van der Waals surface area contributed by atoms with Crippen LogP contribution in [0.25, 0.3) is 10.9 Å². The molecule has 0 saturated carbocycles. The average molecular weight is 244 g/mol. The Kier molecular flexibility index (Phi) is 1.80. The lowest BCUT2D eigenvalue weighted by Gasteiger charge is -1.99. The highest BCUT2D eigenvalue weighted by molar-refractivity contribution is 9.10. The number of fused-ring (bicyclic) bond motifs is 1. The van der Waals surface area contributed by atoms with Crippen LogP contribution in [0.1, 0.15) is 5.69 Å². The van der Waals surface area contributed by atoms with Crippen molar-refractivity contribution in [2.45, 2.75) is 6.92 Å². The lowest BCUT2D eigenvalue weighted by atomic mass is 10.2. The second-order valence-electron chi connectivity index (χ2n) is 2.94. The highest BCUT2D eigenvalue weighted by atomic mass is 79.9. The highest BCUT2D eigenvalue weighted by Gasteiger charge is 2.11. The van der Waals surface area contributed by atoms with Crippen molar-refractivity contribution in [2.24, 2.45) is 0 Å². The number of aromatic nitrogens is 1. The maximum Gasteiger partial charge on any atom is 0.167 e. The number of benzene rings is 1. The van der Waals surface area contributed by atoms with E-state index in [4.69, 9.17) is 0 Å². The minimum absolute atomic E-state index is 0.352. The molecule has 0 aliphatic carbocycles. The van der Waals surface area contributed by atoms with Crippen molar-refractivity contribution in [2.75, 3.05) is 0 Å². The van der Waals surface area contributed by atoms with Gasteiger partial charge >= 0.3 is 0 Å². The molecule has 0 aliphatic rings. The van der Waals surface area contributed by atoms with E-state index in [-0.39, 0.29) is 5.75 Å². The van der Waals surface area contributed by atoms with E-state index in [1.54, 1.807) is 0 Å². The van der Waals surface area contributed by atoms with Crippen LogP contribution in [0.3, 0.4) is 0 Å². The Bertz CT molecular complexity index is 478. The van der Waals surface area contributed by atoms with Gasteiger partial charge in [0.05, 0.1) is 9.99 Å². The van der Waals surface area contributed by atoms with Gasteiger partial charge in [-0.2, -0.15) is 0 Å². The minimum atomic E-state index is -0.613. The molecule has 4 heteroatoms. The van der Waals surface area contributed by atoms with Gasteiger partial charge in [-0.1, -0.05) is 0 Å².